The number of carbonyl (C=O) groups is 2. The molecule has 2 aliphatic heterocycles. The fraction of sp³-hybridized carbons (Fsp3) is 0.200. The number of para-hydroxylation sites is 1. The molecule has 0 fully saturated rings. The average molecular weight is 450 g/mol. The number of benzene rings is 3. The predicted octanol–water partition coefficient (Wildman–Crippen LogP) is 4.12. The molecule has 0 saturated heterocycles. The third kappa shape index (κ3) is 3.42. The number of fused-ring (bicyclic) bond motifs is 2. The number of ketones is 1. The Morgan fingerprint density at radius 1 is 1.00 bits per heavy atom. The first kappa shape index (κ1) is 20.5. The van der Waals surface area contributed by atoms with Crippen LogP contribution in [0.4, 0.5) is 5.69 Å². The van der Waals surface area contributed by atoms with Crippen molar-refractivity contribution in [2.75, 3.05) is 18.1 Å². The molecule has 5 rings (SSSR count). The van der Waals surface area contributed by atoms with Gasteiger partial charge in [0.15, 0.2) is 22.9 Å². The first-order valence-corrected chi connectivity index (χ1v) is 10.7. The molecule has 0 radical (unpaired) electrons. The summed E-state index contributed by atoms with van der Waals surface area (Å²) >= 11 is 6.29. The number of rotatable bonds is 5. The molecule has 3 aromatic carbocycles. The van der Waals surface area contributed by atoms with E-state index >= 15 is 0 Å². The van der Waals surface area contributed by atoms with Crippen LogP contribution in [-0.2, 0) is 16.9 Å². The van der Waals surface area contributed by atoms with Gasteiger partial charge in [-0.2, -0.15) is 0 Å². The first-order valence-electron chi connectivity index (χ1n) is 10.3. The smallest absolute Gasteiger partial charge is 0.264 e. The molecule has 0 spiro atoms. The number of hydrogen-bond acceptors (Lipinski definition) is 5. The molecule has 0 bridgehead atoms. The molecule has 2 aliphatic rings. The van der Waals surface area contributed by atoms with Crippen molar-refractivity contribution in [2.24, 2.45) is 0 Å². The van der Waals surface area contributed by atoms with E-state index in [1.807, 2.05) is 18.2 Å². The van der Waals surface area contributed by atoms with Gasteiger partial charge in [-0.25, -0.2) is 0 Å². The molecule has 1 atom stereocenters. The standard InChI is InChI=1S/C25H20ClNO5/c26-19-7-3-1-5-17(19)15-27-20-8-4-2-6-18(20)25(30,24(27)29)14-21(28)16-9-10-22-23(13-16)32-12-11-31-22/h1-10,13,30H,11-12,14-15H2/t25-/m1/s1. The molecule has 3 aromatic rings. The highest BCUT2D eigenvalue weighted by atomic mass is 35.5. The van der Waals surface area contributed by atoms with E-state index in [1.165, 1.54) is 4.90 Å². The van der Waals surface area contributed by atoms with Crippen LogP contribution in [0.5, 0.6) is 11.5 Å². The van der Waals surface area contributed by atoms with Crippen LogP contribution in [0.1, 0.15) is 27.9 Å². The van der Waals surface area contributed by atoms with E-state index in [2.05, 4.69) is 0 Å². The summed E-state index contributed by atoms with van der Waals surface area (Å²) < 4.78 is 11.1. The van der Waals surface area contributed by atoms with E-state index in [1.54, 1.807) is 48.5 Å². The minimum atomic E-state index is -1.97. The molecule has 0 saturated carbocycles. The third-order valence-corrected chi connectivity index (χ3v) is 6.17. The zero-order valence-corrected chi connectivity index (χ0v) is 17.8. The second-order valence-electron chi connectivity index (χ2n) is 7.82. The minimum Gasteiger partial charge on any atom is -0.486 e. The second-order valence-corrected chi connectivity index (χ2v) is 8.23. The molecule has 1 N–H and O–H groups in total. The van der Waals surface area contributed by atoms with Gasteiger partial charge in [0.25, 0.3) is 5.91 Å². The lowest BCUT2D eigenvalue weighted by Crippen LogP contribution is -2.41. The van der Waals surface area contributed by atoms with Crippen molar-refractivity contribution >= 4 is 29.0 Å². The number of amides is 1. The van der Waals surface area contributed by atoms with Crippen LogP contribution in [0.15, 0.2) is 66.7 Å². The number of hydrogen-bond donors (Lipinski definition) is 1. The van der Waals surface area contributed by atoms with Crippen molar-refractivity contribution in [3.05, 3.63) is 88.4 Å². The fourth-order valence-electron chi connectivity index (χ4n) is 4.18. The van der Waals surface area contributed by atoms with Crippen LogP contribution in [0.3, 0.4) is 0 Å². The number of nitrogens with zero attached hydrogens (tertiary/aromatic N) is 1. The first-order chi connectivity index (χ1) is 15.5. The van der Waals surface area contributed by atoms with Crippen molar-refractivity contribution in [2.45, 2.75) is 18.6 Å². The predicted molar refractivity (Wildman–Crippen MR) is 119 cm³/mol. The number of halogens is 1. The molecule has 1 amide bonds. The highest BCUT2D eigenvalue weighted by molar-refractivity contribution is 6.31. The lowest BCUT2D eigenvalue weighted by atomic mass is 9.88. The minimum absolute atomic E-state index is 0.191. The van der Waals surface area contributed by atoms with Crippen LogP contribution >= 0.6 is 11.6 Å². The lowest BCUT2D eigenvalue weighted by Gasteiger charge is -2.23. The van der Waals surface area contributed by atoms with Gasteiger partial charge in [-0.15, -0.1) is 0 Å². The molecule has 32 heavy (non-hydrogen) atoms. The monoisotopic (exact) mass is 449 g/mol. The van der Waals surface area contributed by atoms with Gasteiger partial charge in [0.05, 0.1) is 18.7 Å². The summed E-state index contributed by atoms with van der Waals surface area (Å²) in [7, 11) is 0. The number of anilines is 1. The molecule has 6 nitrogen and oxygen atoms in total. The van der Waals surface area contributed by atoms with E-state index in [0.29, 0.717) is 46.5 Å². The van der Waals surface area contributed by atoms with Gasteiger partial charge in [-0.1, -0.05) is 48.0 Å². The Bertz CT molecular complexity index is 1230. The van der Waals surface area contributed by atoms with Crippen molar-refractivity contribution in [3.8, 4) is 11.5 Å². The Morgan fingerprint density at radius 3 is 2.53 bits per heavy atom. The Balaban J connectivity index is 1.46. The van der Waals surface area contributed by atoms with E-state index in [9.17, 15) is 14.7 Å². The van der Waals surface area contributed by atoms with E-state index < -0.39 is 11.5 Å². The molecule has 162 valence electrons. The topological polar surface area (TPSA) is 76.1 Å². The van der Waals surface area contributed by atoms with Crippen LogP contribution in [0, 0.1) is 0 Å². The fourth-order valence-corrected chi connectivity index (χ4v) is 4.38. The Morgan fingerprint density at radius 2 is 1.72 bits per heavy atom. The molecule has 2 heterocycles. The number of Topliss-reactive ketones (excluding diaryl/α,β-unsaturated/α-hetero) is 1. The molecule has 0 unspecified atom stereocenters. The summed E-state index contributed by atoms with van der Waals surface area (Å²) in [6, 6.07) is 19.1. The zero-order valence-electron chi connectivity index (χ0n) is 17.1. The number of carbonyl (C=O) groups excluding carboxylic acids is 2. The maximum absolute atomic E-state index is 13.4. The SMILES string of the molecule is O=C(C[C@]1(O)C(=O)N(Cc2ccccc2Cl)c2ccccc21)c1ccc2c(c1)OCCO2. The Labute approximate surface area is 189 Å². The van der Waals surface area contributed by atoms with E-state index in [-0.39, 0.29) is 18.7 Å². The van der Waals surface area contributed by atoms with Crippen LogP contribution < -0.4 is 14.4 Å². The molecule has 0 aliphatic carbocycles. The normalized spacial score (nSPS) is 19.1. The van der Waals surface area contributed by atoms with Gasteiger partial charge in [0, 0.05) is 16.1 Å². The van der Waals surface area contributed by atoms with Gasteiger partial charge >= 0.3 is 0 Å². The summed E-state index contributed by atoms with van der Waals surface area (Å²) in [5.74, 6) is 0.129. The summed E-state index contributed by atoms with van der Waals surface area (Å²) in [5.41, 5.74) is 0.0948. The number of aliphatic hydroxyl groups is 1. The van der Waals surface area contributed by atoms with Gasteiger partial charge < -0.3 is 19.5 Å². The summed E-state index contributed by atoms with van der Waals surface area (Å²) in [6.45, 7) is 1.04. The van der Waals surface area contributed by atoms with E-state index in [0.717, 1.165) is 5.56 Å². The van der Waals surface area contributed by atoms with Gasteiger partial charge in [-0.3, -0.25) is 9.59 Å². The Hall–Kier alpha value is -3.35. The largest absolute Gasteiger partial charge is 0.486 e. The highest BCUT2D eigenvalue weighted by Crippen LogP contribution is 2.44. The van der Waals surface area contributed by atoms with Crippen LogP contribution in [0.25, 0.3) is 0 Å². The third-order valence-electron chi connectivity index (χ3n) is 5.81. The maximum Gasteiger partial charge on any atom is 0.264 e. The zero-order chi connectivity index (χ0) is 22.3. The van der Waals surface area contributed by atoms with Crippen molar-refractivity contribution in [1.82, 2.24) is 0 Å². The molecule has 7 heteroatoms. The van der Waals surface area contributed by atoms with Crippen molar-refractivity contribution < 1.29 is 24.2 Å². The van der Waals surface area contributed by atoms with Crippen molar-refractivity contribution in [3.63, 3.8) is 0 Å². The van der Waals surface area contributed by atoms with Gasteiger partial charge in [0.2, 0.25) is 0 Å². The average Bonchev–Trinajstić information content (AvgIpc) is 3.02. The van der Waals surface area contributed by atoms with Crippen LogP contribution in [-0.4, -0.2) is 30.0 Å². The summed E-state index contributed by atoms with van der Waals surface area (Å²) in [4.78, 5) is 28.0. The lowest BCUT2D eigenvalue weighted by molar-refractivity contribution is -0.136. The highest BCUT2D eigenvalue weighted by Gasteiger charge is 2.50. The van der Waals surface area contributed by atoms with Gasteiger partial charge in [-0.05, 0) is 35.9 Å². The van der Waals surface area contributed by atoms with Gasteiger partial charge in [0.1, 0.15) is 13.2 Å². The molecular weight excluding hydrogens is 430 g/mol. The van der Waals surface area contributed by atoms with E-state index in [4.69, 9.17) is 21.1 Å². The second kappa shape index (κ2) is 7.97. The quantitative estimate of drug-likeness (QED) is 0.593. The van der Waals surface area contributed by atoms with Crippen LogP contribution in [0.2, 0.25) is 5.02 Å². The number of ether oxygens (including phenoxy) is 2. The summed E-state index contributed by atoms with van der Waals surface area (Å²) in [6.07, 6.45) is -0.387. The van der Waals surface area contributed by atoms with Crippen molar-refractivity contribution in [1.29, 1.82) is 0 Å². The summed E-state index contributed by atoms with van der Waals surface area (Å²) in [5, 5.41) is 12.0. The maximum atomic E-state index is 13.4. The molecule has 0 aromatic heterocycles. The molecular formula is C25H20ClNO5. The Kier molecular flexibility index (Phi) is 5.12.